The summed E-state index contributed by atoms with van der Waals surface area (Å²) in [6.45, 7) is 7.51. The second kappa shape index (κ2) is 7.31. The summed E-state index contributed by atoms with van der Waals surface area (Å²) >= 11 is 0. The van der Waals surface area contributed by atoms with Gasteiger partial charge in [0.2, 0.25) is 0 Å². The van der Waals surface area contributed by atoms with Gasteiger partial charge in [-0.05, 0) is 88.4 Å². The first-order valence-corrected chi connectivity index (χ1v) is 11.9. The molecule has 0 amide bonds. The number of hydrogen-bond acceptors (Lipinski definition) is 5. The molecule has 0 saturated heterocycles. The van der Waals surface area contributed by atoms with Crippen molar-refractivity contribution in [3.63, 3.8) is 0 Å². The lowest BCUT2D eigenvalue weighted by molar-refractivity contribution is -0.186. The fraction of sp³-hybridized carbons (Fsp3) is 0.840. The number of carbonyl (C=O) groups excluding carboxylic acids is 1. The fourth-order valence-electron chi connectivity index (χ4n) is 8.44. The third kappa shape index (κ3) is 3.19. The highest BCUT2D eigenvalue weighted by atomic mass is 16.5. The van der Waals surface area contributed by atoms with Crippen LogP contribution in [0, 0.1) is 34.0 Å². The molecule has 6 heteroatoms. The van der Waals surface area contributed by atoms with Crippen molar-refractivity contribution in [3.05, 3.63) is 11.6 Å². The molecule has 1 spiro atoms. The molecule has 4 aliphatic rings. The molecule has 0 aromatic carbocycles. The zero-order valence-electron chi connectivity index (χ0n) is 19.3. The zero-order chi connectivity index (χ0) is 22.8. The summed E-state index contributed by atoms with van der Waals surface area (Å²) in [5, 5.41) is 32.7. The van der Waals surface area contributed by atoms with E-state index in [0.29, 0.717) is 24.8 Å². The molecule has 2 bridgehead atoms. The van der Waals surface area contributed by atoms with Crippen LogP contribution in [-0.2, 0) is 14.3 Å². The summed E-state index contributed by atoms with van der Waals surface area (Å²) in [4.78, 5) is 24.4. The highest BCUT2D eigenvalue weighted by Crippen LogP contribution is 2.72. The molecule has 0 aromatic rings. The van der Waals surface area contributed by atoms with E-state index >= 15 is 0 Å². The van der Waals surface area contributed by atoms with Gasteiger partial charge in [-0.3, -0.25) is 4.79 Å². The molecule has 4 rings (SSSR count). The van der Waals surface area contributed by atoms with E-state index in [0.717, 1.165) is 32.1 Å². The summed E-state index contributed by atoms with van der Waals surface area (Å²) in [7, 11) is 0. The van der Waals surface area contributed by atoms with Crippen molar-refractivity contribution in [2.45, 2.75) is 90.8 Å². The first-order chi connectivity index (χ1) is 14.4. The van der Waals surface area contributed by atoms with E-state index in [2.05, 4.69) is 6.92 Å². The van der Waals surface area contributed by atoms with Crippen molar-refractivity contribution in [1.29, 1.82) is 0 Å². The van der Waals surface area contributed by atoms with Crippen molar-refractivity contribution in [3.8, 4) is 0 Å². The number of aliphatic hydroxyl groups excluding tert-OH is 1. The largest absolute Gasteiger partial charge is 0.481 e. The fourth-order valence-corrected chi connectivity index (χ4v) is 8.44. The lowest BCUT2D eigenvalue weighted by Gasteiger charge is -2.63. The Morgan fingerprint density at radius 1 is 1.16 bits per heavy atom. The third-order valence-corrected chi connectivity index (χ3v) is 10.1. The van der Waals surface area contributed by atoms with Crippen LogP contribution in [0.1, 0.15) is 79.1 Å². The molecule has 4 saturated carbocycles. The second-order valence-corrected chi connectivity index (χ2v) is 11.5. The molecule has 0 aromatic heterocycles. The van der Waals surface area contributed by atoms with Crippen LogP contribution >= 0.6 is 0 Å². The van der Waals surface area contributed by atoms with Gasteiger partial charge < -0.3 is 20.1 Å². The number of carboxylic acid groups (broad SMARTS) is 1. The number of hydrogen-bond donors (Lipinski definition) is 3. The molecular formula is C25H38O6. The number of carbonyl (C=O) groups is 2. The maximum atomic E-state index is 12.2. The van der Waals surface area contributed by atoms with E-state index < -0.39 is 29.1 Å². The van der Waals surface area contributed by atoms with E-state index in [-0.39, 0.29) is 35.2 Å². The molecule has 8 atom stereocenters. The number of aliphatic carboxylic acids is 1. The molecule has 0 aliphatic heterocycles. The Bertz CT molecular complexity index is 806. The third-order valence-electron chi connectivity index (χ3n) is 10.1. The Balaban J connectivity index is 1.63. The molecule has 0 unspecified atom stereocenters. The van der Waals surface area contributed by atoms with Crippen LogP contribution in [0.25, 0.3) is 0 Å². The summed E-state index contributed by atoms with van der Waals surface area (Å²) in [5.41, 5.74) is -1.75. The lowest BCUT2D eigenvalue weighted by atomic mass is 9.41. The smallest absolute Gasteiger partial charge is 0.333 e. The maximum Gasteiger partial charge on any atom is 0.333 e. The molecule has 4 aliphatic carbocycles. The van der Waals surface area contributed by atoms with Crippen LogP contribution in [-0.4, -0.2) is 45.6 Å². The van der Waals surface area contributed by atoms with E-state index in [9.17, 15) is 24.9 Å². The van der Waals surface area contributed by atoms with Gasteiger partial charge in [0.1, 0.15) is 12.2 Å². The molecule has 4 fully saturated rings. The Morgan fingerprint density at radius 2 is 1.87 bits per heavy atom. The van der Waals surface area contributed by atoms with Crippen LogP contribution in [0.2, 0.25) is 0 Å². The quantitative estimate of drug-likeness (QED) is 0.460. The van der Waals surface area contributed by atoms with Crippen LogP contribution in [0.3, 0.4) is 0 Å². The Kier molecular flexibility index (Phi) is 5.37. The second-order valence-electron chi connectivity index (χ2n) is 11.5. The SMILES string of the molecule is C/C=C(/C)C(=O)OC[C@]1(O)C[C@@]23CC[C@H]4[C@@](C)(CCC[C@@]4(C)C(=O)O)[C@@H]2C[C@@H](O)[C@@H]1C3. The van der Waals surface area contributed by atoms with Crippen molar-refractivity contribution in [2.75, 3.05) is 6.61 Å². The van der Waals surface area contributed by atoms with Crippen LogP contribution in [0.5, 0.6) is 0 Å². The highest BCUT2D eigenvalue weighted by Gasteiger charge is 2.70. The average Bonchev–Trinajstić information content (AvgIpc) is 2.96. The van der Waals surface area contributed by atoms with Gasteiger partial charge >= 0.3 is 11.9 Å². The van der Waals surface area contributed by atoms with Crippen molar-refractivity contribution < 1.29 is 29.6 Å². The number of allylic oxidation sites excluding steroid dienone is 1. The summed E-state index contributed by atoms with van der Waals surface area (Å²) < 4.78 is 5.46. The minimum atomic E-state index is -1.23. The number of carboxylic acids is 1. The maximum absolute atomic E-state index is 12.2. The van der Waals surface area contributed by atoms with Gasteiger partial charge in [0, 0.05) is 11.5 Å². The van der Waals surface area contributed by atoms with Gasteiger partial charge in [0.25, 0.3) is 0 Å². The first kappa shape index (κ1) is 22.8. The van der Waals surface area contributed by atoms with Crippen LogP contribution < -0.4 is 0 Å². The number of esters is 1. The summed E-state index contributed by atoms with van der Waals surface area (Å²) in [5.74, 6) is -1.19. The number of fused-ring (bicyclic) bond motifs is 3. The van der Waals surface area contributed by atoms with Gasteiger partial charge in [0.15, 0.2) is 0 Å². The van der Waals surface area contributed by atoms with Crippen molar-refractivity contribution >= 4 is 11.9 Å². The molecule has 6 nitrogen and oxygen atoms in total. The molecular weight excluding hydrogens is 396 g/mol. The van der Waals surface area contributed by atoms with Crippen molar-refractivity contribution in [1.82, 2.24) is 0 Å². The van der Waals surface area contributed by atoms with Crippen LogP contribution in [0.4, 0.5) is 0 Å². The van der Waals surface area contributed by atoms with E-state index in [1.54, 1.807) is 19.9 Å². The van der Waals surface area contributed by atoms with Gasteiger partial charge in [-0.25, -0.2) is 4.79 Å². The predicted octanol–water partition coefficient (Wildman–Crippen LogP) is 3.70. The number of ether oxygens (including phenoxy) is 1. The monoisotopic (exact) mass is 434 g/mol. The normalized spacial score (nSPS) is 49.2. The van der Waals surface area contributed by atoms with Gasteiger partial charge in [-0.15, -0.1) is 0 Å². The number of rotatable bonds is 4. The van der Waals surface area contributed by atoms with E-state index in [1.807, 2.05) is 6.92 Å². The Morgan fingerprint density at radius 3 is 2.52 bits per heavy atom. The topological polar surface area (TPSA) is 104 Å². The average molecular weight is 435 g/mol. The van der Waals surface area contributed by atoms with Crippen LogP contribution in [0.15, 0.2) is 11.6 Å². The Hall–Kier alpha value is -1.40. The van der Waals surface area contributed by atoms with Gasteiger partial charge in [-0.1, -0.05) is 19.4 Å². The molecule has 0 heterocycles. The minimum absolute atomic E-state index is 0.0782. The molecule has 31 heavy (non-hydrogen) atoms. The summed E-state index contributed by atoms with van der Waals surface area (Å²) in [6.07, 6.45) is 7.12. The summed E-state index contributed by atoms with van der Waals surface area (Å²) in [6, 6.07) is 0. The van der Waals surface area contributed by atoms with Gasteiger partial charge in [-0.2, -0.15) is 0 Å². The van der Waals surface area contributed by atoms with Crippen molar-refractivity contribution in [2.24, 2.45) is 34.0 Å². The van der Waals surface area contributed by atoms with Gasteiger partial charge in [0.05, 0.1) is 11.5 Å². The molecule has 3 N–H and O–H groups in total. The van der Waals surface area contributed by atoms with E-state index in [1.165, 1.54) is 0 Å². The highest BCUT2D eigenvalue weighted by molar-refractivity contribution is 5.87. The number of aliphatic hydroxyl groups is 2. The molecule has 174 valence electrons. The first-order valence-electron chi connectivity index (χ1n) is 11.9. The zero-order valence-corrected chi connectivity index (χ0v) is 19.3. The predicted molar refractivity (Wildman–Crippen MR) is 115 cm³/mol. The molecule has 0 radical (unpaired) electrons. The standard InChI is InChI=1S/C25H38O6/c1-5-15(2)20(27)31-14-25(30)13-24-10-7-18-22(3,8-6-9-23(18,4)21(28)29)19(24)11-17(26)16(25)12-24/h5,16-19,26,30H,6-14H2,1-4H3,(H,28,29)/b15-5-/t16-,17+,18-,19-,22+,23+,24-,25+/m0/s1. The Labute approximate surface area is 185 Å². The van der Waals surface area contributed by atoms with E-state index in [4.69, 9.17) is 4.74 Å². The minimum Gasteiger partial charge on any atom is -0.481 e. The lowest BCUT2D eigenvalue weighted by Crippen LogP contribution is -2.59.